The van der Waals surface area contributed by atoms with Crippen LogP contribution in [-0.2, 0) is 6.42 Å². The van der Waals surface area contributed by atoms with E-state index in [1.54, 1.807) is 16.7 Å². The molecule has 1 aromatic rings. The van der Waals surface area contributed by atoms with Crippen molar-refractivity contribution in [2.24, 2.45) is 0 Å². The van der Waals surface area contributed by atoms with Crippen LogP contribution < -0.4 is 0 Å². The van der Waals surface area contributed by atoms with Gasteiger partial charge in [0.05, 0.1) is 0 Å². The molecule has 0 saturated heterocycles. The maximum Gasteiger partial charge on any atom is 0.222 e. The Kier molecular flexibility index (Phi) is 6.57. The number of hydrogen-bond donors (Lipinski definition) is 0. The Hall–Kier alpha value is -0.0138. The molecule has 0 amide bonds. The highest BCUT2D eigenvalue weighted by Crippen LogP contribution is 2.29. The second-order valence-electron chi connectivity index (χ2n) is 5.54. The summed E-state index contributed by atoms with van der Waals surface area (Å²) in [5, 5.41) is 0. The fraction of sp³-hybridized carbons (Fsp3) is 0.625. The van der Waals surface area contributed by atoms with Crippen molar-refractivity contribution < 1.29 is 0 Å². The fourth-order valence-corrected chi connectivity index (χ4v) is 2.83. The standard InChI is InChI=1S/C16H25.Mg/c1-6-7-9-16-14(12(2)3)10-8-11-15(16)13(4)5;/h8,10-13H,1,6-7,9H2,2-5H3;. The van der Waals surface area contributed by atoms with E-state index in [-0.39, 0.29) is 0 Å². The molecule has 91 valence electrons. The van der Waals surface area contributed by atoms with Crippen LogP contribution in [0.25, 0.3) is 0 Å². The lowest BCUT2D eigenvalue weighted by atomic mass is 9.86. The molecule has 0 aromatic heterocycles. The van der Waals surface area contributed by atoms with Crippen LogP contribution in [0.4, 0.5) is 0 Å². The summed E-state index contributed by atoms with van der Waals surface area (Å²) >= 11 is 2.09. The second-order valence-corrected chi connectivity index (χ2v) is 6.24. The lowest BCUT2D eigenvalue weighted by molar-refractivity contribution is 0.740. The molecule has 0 nitrogen and oxygen atoms in total. The fourth-order valence-electron chi connectivity index (χ4n) is 2.47. The highest BCUT2D eigenvalue weighted by atomic mass is 24.4. The van der Waals surface area contributed by atoms with E-state index in [0.717, 1.165) is 0 Å². The first kappa shape index (κ1) is 15.0. The summed E-state index contributed by atoms with van der Waals surface area (Å²) in [7, 11) is 0. The zero-order valence-electron chi connectivity index (χ0n) is 11.9. The molecule has 0 N–H and O–H groups in total. The SMILES string of the molecule is CC(C)c1cccc(C(C)C)c1CCC[CH2][Mg]. The zero-order chi connectivity index (χ0) is 12.8. The lowest BCUT2D eigenvalue weighted by Crippen LogP contribution is -2.03. The van der Waals surface area contributed by atoms with Crippen molar-refractivity contribution >= 4 is 21.7 Å². The van der Waals surface area contributed by atoms with Gasteiger partial charge >= 0.3 is 0 Å². The van der Waals surface area contributed by atoms with Crippen LogP contribution in [-0.4, -0.2) is 21.7 Å². The minimum absolute atomic E-state index is 0.646. The van der Waals surface area contributed by atoms with Crippen LogP contribution in [0, 0.1) is 0 Å². The first-order valence-corrected chi connectivity index (χ1v) is 7.98. The van der Waals surface area contributed by atoms with Gasteiger partial charge in [0.25, 0.3) is 0 Å². The van der Waals surface area contributed by atoms with Gasteiger partial charge in [-0.3, -0.25) is 0 Å². The molecule has 0 aliphatic rings. The summed E-state index contributed by atoms with van der Waals surface area (Å²) in [5.41, 5.74) is 4.76. The molecule has 0 aliphatic carbocycles. The molecule has 0 unspecified atom stereocenters. The normalized spacial score (nSPS) is 11.4. The predicted octanol–water partition coefficient (Wildman–Crippen LogP) is 4.84. The van der Waals surface area contributed by atoms with Gasteiger partial charge in [-0.2, -0.15) is 4.55 Å². The third kappa shape index (κ3) is 4.29. The van der Waals surface area contributed by atoms with Crippen LogP contribution >= 0.6 is 0 Å². The number of unbranched alkanes of at least 4 members (excludes halogenated alkanes) is 1. The van der Waals surface area contributed by atoms with Gasteiger partial charge < -0.3 is 0 Å². The Morgan fingerprint density at radius 1 is 0.941 bits per heavy atom. The van der Waals surface area contributed by atoms with E-state index in [0.29, 0.717) is 11.8 Å². The molecule has 17 heavy (non-hydrogen) atoms. The quantitative estimate of drug-likeness (QED) is 0.494. The van der Waals surface area contributed by atoms with E-state index in [4.69, 9.17) is 0 Å². The van der Waals surface area contributed by atoms with Crippen molar-refractivity contribution in [3.63, 3.8) is 0 Å². The largest absolute Gasteiger partial charge is 0.222 e. The van der Waals surface area contributed by atoms with Gasteiger partial charge in [-0.15, -0.1) is 0 Å². The minimum atomic E-state index is 0.646. The smallest absolute Gasteiger partial charge is 0.177 e. The molecular formula is C16H25Mg. The first-order chi connectivity index (χ1) is 8.07. The molecule has 1 rings (SSSR count). The van der Waals surface area contributed by atoms with Gasteiger partial charge in [0.1, 0.15) is 0 Å². The summed E-state index contributed by atoms with van der Waals surface area (Å²) in [6.45, 7) is 9.24. The first-order valence-electron chi connectivity index (χ1n) is 6.98. The van der Waals surface area contributed by atoms with E-state index < -0.39 is 0 Å². The minimum Gasteiger partial charge on any atom is -0.177 e. The molecule has 0 bridgehead atoms. The van der Waals surface area contributed by atoms with Crippen LogP contribution in [0.2, 0.25) is 4.55 Å². The van der Waals surface area contributed by atoms with Gasteiger partial charge in [-0.1, -0.05) is 58.7 Å². The Morgan fingerprint density at radius 3 is 1.88 bits per heavy atom. The van der Waals surface area contributed by atoms with Crippen molar-refractivity contribution in [2.75, 3.05) is 0 Å². The second kappa shape index (κ2) is 7.43. The Balaban J connectivity index is 3.01. The maximum atomic E-state index is 2.32. The molecular weight excluding hydrogens is 216 g/mol. The molecule has 0 heterocycles. The van der Waals surface area contributed by atoms with Crippen molar-refractivity contribution in [1.82, 2.24) is 0 Å². The average Bonchev–Trinajstić information content (AvgIpc) is 2.28. The third-order valence-corrected chi connectivity index (χ3v) is 3.92. The third-order valence-electron chi connectivity index (χ3n) is 3.42. The van der Waals surface area contributed by atoms with Gasteiger partial charge in [-0.05, 0) is 34.9 Å². The molecule has 1 heteroatoms. The summed E-state index contributed by atoms with van der Waals surface area (Å²) in [6, 6.07) is 6.87. The number of rotatable bonds is 6. The van der Waals surface area contributed by atoms with Crippen molar-refractivity contribution in [1.29, 1.82) is 0 Å². The van der Waals surface area contributed by atoms with Gasteiger partial charge in [-0.25, -0.2) is 0 Å². The van der Waals surface area contributed by atoms with E-state index in [9.17, 15) is 0 Å². The van der Waals surface area contributed by atoms with Crippen LogP contribution in [0.3, 0.4) is 0 Å². The molecule has 1 aromatic carbocycles. The molecule has 0 aliphatic heterocycles. The van der Waals surface area contributed by atoms with Gasteiger partial charge in [0.15, 0.2) is 0 Å². The van der Waals surface area contributed by atoms with Crippen molar-refractivity contribution in [3.05, 3.63) is 34.9 Å². The lowest BCUT2D eigenvalue weighted by Gasteiger charge is -2.19. The molecule has 0 fully saturated rings. The Labute approximate surface area is 120 Å². The van der Waals surface area contributed by atoms with Crippen LogP contribution in [0.5, 0.6) is 0 Å². The highest BCUT2D eigenvalue weighted by Gasteiger charge is 2.12. The Bertz CT molecular complexity index is 313. The van der Waals surface area contributed by atoms with Crippen LogP contribution in [0.1, 0.15) is 69.1 Å². The summed E-state index contributed by atoms with van der Waals surface area (Å²) in [5.74, 6) is 1.29. The maximum absolute atomic E-state index is 2.32. The average molecular weight is 242 g/mol. The van der Waals surface area contributed by atoms with E-state index >= 15 is 0 Å². The monoisotopic (exact) mass is 241 g/mol. The van der Waals surface area contributed by atoms with E-state index in [1.165, 1.54) is 23.8 Å². The molecule has 0 spiro atoms. The Morgan fingerprint density at radius 2 is 1.47 bits per heavy atom. The molecule has 1 radical (unpaired) electrons. The van der Waals surface area contributed by atoms with E-state index in [1.807, 2.05) is 0 Å². The summed E-state index contributed by atoms with van der Waals surface area (Å²) < 4.78 is 1.33. The topological polar surface area (TPSA) is 0 Å². The molecule has 0 atom stereocenters. The van der Waals surface area contributed by atoms with Crippen molar-refractivity contribution in [3.8, 4) is 0 Å². The number of benzene rings is 1. The van der Waals surface area contributed by atoms with Gasteiger partial charge in [0, 0.05) is 0 Å². The van der Waals surface area contributed by atoms with Crippen LogP contribution in [0.15, 0.2) is 18.2 Å². The zero-order valence-corrected chi connectivity index (χ0v) is 13.3. The summed E-state index contributed by atoms with van der Waals surface area (Å²) in [6.07, 6.45) is 3.97. The van der Waals surface area contributed by atoms with Crippen molar-refractivity contribution in [2.45, 2.75) is 63.3 Å². The van der Waals surface area contributed by atoms with E-state index in [2.05, 4.69) is 67.6 Å². The number of hydrogen-bond acceptors (Lipinski definition) is 0. The highest BCUT2D eigenvalue weighted by molar-refractivity contribution is 6.08. The predicted molar refractivity (Wildman–Crippen MR) is 78.1 cm³/mol. The molecule has 0 saturated carbocycles. The van der Waals surface area contributed by atoms with Gasteiger partial charge in [0.2, 0.25) is 21.7 Å². The summed E-state index contributed by atoms with van der Waals surface area (Å²) in [4.78, 5) is 0.